The first-order valence-corrected chi connectivity index (χ1v) is 9.24. The van der Waals surface area contributed by atoms with Crippen LogP contribution in [0.2, 0.25) is 0 Å². The number of nitrogens with zero attached hydrogens (tertiary/aromatic N) is 2. The van der Waals surface area contributed by atoms with Crippen molar-refractivity contribution in [1.82, 2.24) is 9.55 Å². The second kappa shape index (κ2) is 5.43. The SMILES string of the molecule is CC[C@@]1(O)C(=O)OC(S)c2c1cc1n(c2=O)Cc2cc3ccccc3nc2-1. The predicted molar refractivity (Wildman–Crippen MR) is 103 cm³/mol. The molecule has 1 N–H and O–H groups in total. The van der Waals surface area contributed by atoms with Gasteiger partial charge in [-0.25, -0.2) is 9.78 Å². The molecule has 0 saturated heterocycles. The third-order valence-electron chi connectivity index (χ3n) is 5.47. The molecule has 7 heteroatoms. The summed E-state index contributed by atoms with van der Waals surface area (Å²) in [5, 5.41) is 11.9. The van der Waals surface area contributed by atoms with E-state index >= 15 is 0 Å². The summed E-state index contributed by atoms with van der Waals surface area (Å²) < 4.78 is 6.75. The van der Waals surface area contributed by atoms with Crippen LogP contribution in [0.5, 0.6) is 0 Å². The summed E-state index contributed by atoms with van der Waals surface area (Å²) in [5.41, 5.74) is 0.350. The van der Waals surface area contributed by atoms with Gasteiger partial charge in [0.1, 0.15) is 0 Å². The zero-order valence-corrected chi connectivity index (χ0v) is 15.4. The van der Waals surface area contributed by atoms with Crippen LogP contribution in [0.15, 0.2) is 41.2 Å². The molecule has 0 fully saturated rings. The molecule has 5 rings (SSSR count). The highest BCUT2D eigenvalue weighted by molar-refractivity contribution is 7.80. The number of fused-ring (bicyclic) bond motifs is 5. The molecular formula is C20H16N2O4S. The Morgan fingerprint density at radius 2 is 2.11 bits per heavy atom. The summed E-state index contributed by atoms with van der Waals surface area (Å²) in [6, 6.07) is 11.5. The highest BCUT2D eigenvalue weighted by atomic mass is 32.1. The largest absolute Gasteiger partial charge is 0.444 e. The molecule has 0 amide bonds. The van der Waals surface area contributed by atoms with Crippen molar-refractivity contribution in [2.45, 2.75) is 30.9 Å². The molecule has 0 saturated carbocycles. The Labute approximate surface area is 159 Å². The van der Waals surface area contributed by atoms with E-state index in [1.54, 1.807) is 17.6 Å². The summed E-state index contributed by atoms with van der Waals surface area (Å²) in [6.07, 6.45) is 0.0975. The van der Waals surface area contributed by atoms with Gasteiger partial charge in [0.15, 0.2) is 11.0 Å². The first-order valence-electron chi connectivity index (χ1n) is 8.73. The number of hydrogen-bond acceptors (Lipinski definition) is 6. The number of pyridine rings is 2. The van der Waals surface area contributed by atoms with Crippen LogP contribution >= 0.6 is 12.6 Å². The van der Waals surface area contributed by atoms with Gasteiger partial charge >= 0.3 is 5.97 Å². The highest BCUT2D eigenvalue weighted by Gasteiger charge is 2.48. The molecule has 2 aliphatic rings. The van der Waals surface area contributed by atoms with Crippen molar-refractivity contribution in [3.63, 3.8) is 0 Å². The van der Waals surface area contributed by atoms with Crippen molar-refractivity contribution in [2.24, 2.45) is 0 Å². The van der Waals surface area contributed by atoms with Gasteiger partial charge in [-0.15, -0.1) is 12.6 Å². The zero-order chi connectivity index (χ0) is 18.9. The third kappa shape index (κ3) is 2.09. The lowest BCUT2D eigenvalue weighted by Gasteiger charge is -2.34. The number of aromatic nitrogens is 2. The fourth-order valence-electron chi connectivity index (χ4n) is 3.97. The van der Waals surface area contributed by atoms with Gasteiger partial charge in [0.05, 0.1) is 29.0 Å². The quantitative estimate of drug-likeness (QED) is 0.392. The fourth-order valence-corrected chi connectivity index (χ4v) is 4.32. The number of carbonyl (C=O) groups excluding carboxylic acids is 1. The maximum Gasteiger partial charge on any atom is 0.344 e. The molecule has 1 aromatic carbocycles. The minimum absolute atomic E-state index is 0.0975. The number of rotatable bonds is 1. The molecule has 0 spiro atoms. The molecule has 2 aromatic heterocycles. The Bertz CT molecular complexity index is 1200. The second-order valence-electron chi connectivity index (χ2n) is 6.91. The number of ether oxygens (including phenoxy) is 1. The highest BCUT2D eigenvalue weighted by Crippen LogP contribution is 2.42. The molecule has 4 heterocycles. The number of thiol groups is 1. The van der Waals surface area contributed by atoms with E-state index in [0.29, 0.717) is 17.9 Å². The summed E-state index contributed by atoms with van der Waals surface area (Å²) in [6.45, 7) is 2.06. The zero-order valence-electron chi connectivity index (χ0n) is 14.5. The van der Waals surface area contributed by atoms with E-state index in [0.717, 1.165) is 16.5 Å². The standard InChI is InChI=1S/C20H16N2O4S/c1-2-20(25)12-8-14-16-11(7-10-5-3-4-6-13(10)21-16)9-22(14)17(23)15(12)18(27)26-19(20)24/h3-8,18,25,27H,2,9H2,1H3/t18?,20-/m0/s1. The van der Waals surface area contributed by atoms with Crippen molar-refractivity contribution in [2.75, 3.05) is 0 Å². The number of cyclic esters (lactones) is 1. The average molecular weight is 380 g/mol. The molecule has 27 heavy (non-hydrogen) atoms. The first kappa shape index (κ1) is 16.5. The molecule has 0 aliphatic carbocycles. The predicted octanol–water partition coefficient (Wildman–Crippen LogP) is 2.51. The maximum atomic E-state index is 13.2. The van der Waals surface area contributed by atoms with Crippen LogP contribution in [0.1, 0.15) is 35.5 Å². The van der Waals surface area contributed by atoms with Gasteiger partial charge in [-0.3, -0.25) is 4.79 Å². The molecule has 6 nitrogen and oxygen atoms in total. The molecule has 136 valence electrons. The van der Waals surface area contributed by atoms with E-state index in [4.69, 9.17) is 9.72 Å². The minimum atomic E-state index is -1.86. The van der Waals surface area contributed by atoms with Gasteiger partial charge in [0.25, 0.3) is 5.56 Å². The van der Waals surface area contributed by atoms with Crippen molar-refractivity contribution < 1.29 is 14.6 Å². The number of carbonyl (C=O) groups is 1. The number of hydrogen-bond donors (Lipinski definition) is 2. The van der Waals surface area contributed by atoms with Crippen LogP contribution < -0.4 is 5.56 Å². The monoisotopic (exact) mass is 380 g/mol. The fraction of sp³-hybridized carbons (Fsp3) is 0.250. The van der Waals surface area contributed by atoms with Crippen LogP contribution in [0, 0.1) is 0 Å². The van der Waals surface area contributed by atoms with Crippen LogP contribution in [0.25, 0.3) is 22.3 Å². The van der Waals surface area contributed by atoms with E-state index in [-0.39, 0.29) is 23.1 Å². The summed E-state index contributed by atoms with van der Waals surface area (Å²) >= 11 is 4.26. The lowest BCUT2D eigenvalue weighted by molar-refractivity contribution is -0.172. The second-order valence-corrected chi connectivity index (χ2v) is 7.38. The van der Waals surface area contributed by atoms with Gasteiger partial charge in [-0.05, 0) is 24.6 Å². The average Bonchev–Trinajstić information content (AvgIpc) is 3.02. The van der Waals surface area contributed by atoms with Crippen LogP contribution in [0.3, 0.4) is 0 Å². The van der Waals surface area contributed by atoms with Crippen LogP contribution in [-0.4, -0.2) is 20.6 Å². The van der Waals surface area contributed by atoms with E-state index in [9.17, 15) is 14.7 Å². The maximum absolute atomic E-state index is 13.2. The Kier molecular flexibility index (Phi) is 3.33. The van der Waals surface area contributed by atoms with Crippen molar-refractivity contribution in [3.8, 4) is 11.4 Å². The minimum Gasteiger partial charge on any atom is -0.444 e. The molecule has 0 radical (unpaired) electrons. The van der Waals surface area contributed by atoms with Crippen LogP contribution in [0.4, 0.5) is 0 Å². The molecule has 2 aliphatic heterocycles. The Hall–Kier alpha value is -2.64. The Morgan fingerprint density at radius 1 is 1.33 bits per heavy atom. The van der Waals surface area contributed by atoms with Crippen molar-refractivity contribution >= 4 is 29.5 Å². The van der Waals surface area contributed by atoms with E-state index in [2.05, 4.69) is 12.6 Å². The molecule has 3 aromatic rings. The Balaban J connectivity index is 1.83. The summed E-state index contributed by atoms with van der Waals surface area (Å²) in [7, 11) is 0. The molecule has 2 atom stereocenters. The van der Waals surface area contributed by atoms with Gasteiger partial charge in [0.2, 0.25) is 0 Å². The van der Waals surface area contributed by atoms with Gasteiger partial charge in [0, 0.05) is 16.5 Å². The van der Waals surface area contributed by atoms with Gasteiger partial charge < -0.3 is 14.4 Å². The van der Waals surface area contributed by atoms with E-state index < -0.39 is 17.0 Å². The van der Waals surface area contributed by atoms with Crippen LogP contribution in [-0.2, 0) is 21.7 Å². The van der Waals surface area contributed by atoms with Crippen molar-refractivity contribution in [1.29, 1.82) is 0 Å². The molecule has 0 bridgehead atoms. The number of para-hydroxylation sites is 1. The third-order valence-corrected chi connectivity index (χ3v) is 5.84. The molecular weight excluding hydrogens is 364 g/mol. The number of aliphatic hydroxyl groups is 1. The van der Waals surface area contributed by atoms with Gasteiger partial charge in [-0.2, -0.15) is 0 Å². The van der Waals surface area contributed by atoms with Crippen molar-refractivity contribution in [3.05, 3.63) is 63.4 Å². The first-order chi connectivity index (χ1) is 12.9. The van der Waals surface area contributed by atoms with E-state index in [1.165, 1.54) is 0 Å². The smallest absolute Gasteiger partial charge is 0.344 e. The lowest BCUT2D eigenvalue weighted by atomic mass is 9.86. The number of esters is 1. The van der Waals surface area contributed by atoms with E-state index in [1.807, 2.05) is 30.3 Å². The molecule has 1 unspecified atom stereocenters. The Morgan fingerprint density at radius 3 is 2.89 bits per heavy atom. The topological polar surface area (TPSA) is 81.4 Å². The lowest BCUT2D eigenvalue weighted by Crippen LogP contribution is -2.45. The van der Waals surface area contributed by atoms with Gasteiger partial charge in [-0.1, -0.05) is 25.1 Å². The normalized spacial score (nSPS) is 22.9. The number of benzene rings is 1. The summed E-state index contributed by atoms with van der Waals surface area (Å²) in [4.78, 5) is 30.2. The summed E-state index contributed by atoms with van der Waals surface area (Å²) in [5.74, 6) is -0.786.